The van der Waals surface area contributed by atoms with Gasteiger partial charge in [0.1, 0.15) is 5.70 Å². The molecule has 1 aliphatic heterocycles. The van der Waals surface area contributed by atoms with E-state index in [4.69, 9.17) is 5.11 Å². The number of hydrogen-bond donors (Lipinski definition) is 2. The van der Waals surface area contributed by atoms with Gasteiger partial charge in [0, 0.05) is 11.8 Å². The van der Waals surface area contributed by atoms with Gasteiger partial charge in [0.2, 0.25) is 14.2 Å². The highest BCUT2D eigenvalue weighted by Crippen LogP contribution is 2.29. The summed E-state index contributed by atoms with van der Waals surface area (Å²) in [7, 11) is -3.40. The molecule has 0 spiro atoms. The highest BCUT2D eigenvalue weighted by Gasteiger charge is 2.30. The fourth-order valence-corrected chi connectivity index (χ4v) is 5.45. The molecule has 2 amide bonds. The van der Waals surface area contributed by atoms with Crippen molar-refractivity contribution in [1.29, 1.82) is 0 Å². The number of unbranched alkanes of at least 4 members (excludes halogenated alkanes) is 1. The van der Waals surface area contributed by atoms with Gasteiger partial charge in [-0.3, -0.25) is 14.5 Å². The molecule has 0 bridgehead atoms. The fourth-order valence-electron chi connectivity index (χ4n) is 2.60. The largest absolute Gasteiger partial charge is 0.395 e. The monoisotopic (exact) mass is 409 g/mol. The molecular formula is C17H19N3O5S2. The zero-order valence-electron chi connectivity index (χ0n) is 14.6. The van der Waals surface area contributed by atoms with E-state index in [2.05, 4.69) is 10.3 Å². The Hall–Kier alpha value is -2.30. The lowest BCUT2D eigenvalue weighted by Crippen LogP contribution is -2.34. The van der Waals surface area contributed by atoms with Gasteiger partial charge in [0.25, 0.3) is 11.8 Å². The Labute approximate surface area is 160 Å². The Morgan fingerprint density at radius 1 is 1.30 bits per heavy atom. The molecule has 1 aliphatic rings. The van der Waals surface area contributed by atoms with Crippen LogP contribution in [0.3, 0.4) is 0 Å². The number of amides is 2. The van der Waals surface area contributed by atoms with Crippen LogP contribution < -0.4 is 5.32 Å². The van der Waals surface area contributed by atoms with Crippen LogP contribution in [0, 0.1) is 0 Å². The molecular weight excluding hydrogens is 390 g/mol. The molecule has 144 valence electrons. The number of nitrogens with one attached hydrogen (secondary N) is 1. The summed E-state index contributed by atoms with van der Waals surface area (Å²) in [5.74, 6) is -0.931. The number of rotatable bonds is 8. The Bertz CT molecular complexity index is 1030. The van der Waals surface area contributed by atoms with E-state index in [1.165, 1.54) is 6.08 Å². The molecule has 2 heterocycles. The number of thiazole rings is 1. The summed E-state index contributed by atoms with van der Waals surface area (Å²) in [6.45, 7) is 1.56. The van der Waals surface area contributed by atoms with Crippen molar-refractivity contribution in [3.05, 3.63) is 30.0 Å². The van der Waals surface area contributed by atoms with E-state index in [9.17, 15) is 18.0 Å². The summed E-state index contributed by atoms with van der Waals surface area (Å²) in [4.78, 5) is 29.1. The average Bonchev–Trinajstić information content (AvgIpc) is 3.17. The van der Waals surface area contributed by atoms with Crippen LogP contribution in [0.15, 0.2) is 34.3 Å². The molecule has 0 radical (unpaired) electrons. The smallest absolute Gasteiger partial charge is 0.277 e. The lowest BCUT2D eigenvalue weighted by atomic mass is 10.3. The molecule has 8 nitrogen and oxygen atoms in total. The number of benzene rings is 1. The maximum Gasteiger partial charge on any atom is 0.277 e. The van der Waals surface area contributed by atoms with Crippen LogP contribution in [-0.4, -0.2) is 54.1 Å². The Balaban J connectivity index is 1.83. The normalized spacial score (nSPS) is 14.9. The molecule has 0 aliphatic carbocycles. The van der Waals surface area contributed by atoms with E-state index in [-0.39, 0.29) is 28.9 Å². The minimum Gasteiger partial charge on any atom is -0.395 e. The van der Waals surface area contributed by atoms with Crippen molar-refractivity contribution >= 4 is 48.9 Å². The van der Waals surface area contributed by atoms with Crippen molar-refractivity contribution in [1.82, 2.24) is 9.88 Å². The minimum absolute atomic E-state index is 0.0633. The SMILES string of the molecule is CCCCS(=O)(=O)c1nc2ccc(NC3=CC(=O)N(CCO)C3=O)cc2s1. The second-order valence-electron chi connectivity index (χ2n) is 6.04. The number of anilines is 1. The molecule has 0 saturated heterocycles. The number of fused-ring (bicyclic) bond motifs is 1. The third-order valence-corrected chi connectivity index (χ3v) is 7.29. The van der Waals surface area contributed by atoms with Crippen LogP contribution >= 0.6 is 11.3 Å². The highest BCUT2D eigenvalue weighted by molar-refractivity contribution is 7.93. The van der Waals surface area contributed by atoms with E-state index in [0.717, 1.165) is 22.7 Å². The van der Waals surface area contributed by atoms with Gasteiger partial charge >= 0.3 is 0 Å². The molecule has 3 rings (SSSR count). The molecule has 0 fully saturated rings. The summed E-state index contributed by atoms with van der Waals surface area (Å²) in [6, 6.07) is 5.03. The van der Waals surface area contributed by atoms with Gasteiger partial charge in [-0.05, 0) is 24.6 Å². The van der Waals surface area contributed by atoms with Crippen LogP contribution in [0.4, 0.5) is 5.69 Å². The van der Waals surface area contributed by atoms with Gasteiger partial charge in [-0.25, -0.2) is 13.4 Å². The van der Waals surface area contributed by atoms with E-state index < -0.39 is 21.7 Å². The Morgan fingerprint density at radius 3 is 2.78 bits per heavy atom. The van der Waals surface area contributed by atoms with Crippen molar-refractivity contribution in [3.8, 4) is 0 Å². The zero-order chi connectivity index (χ0) is 19.6. The summed E-state index contributed by atoms with van der Waals surface area (Å²) in [5.41, 5.74) is 1.21. The molecule has 2 aromatic rings. The van der Waals surface area contributed by atoms with Gasteiger partial charge in [-0.1, -0.05) is 13.3 Å². The van der Waals surface area contributed by atoms with Gasteiger partial charge in [0.05, 0.1) is 29.1 Å². The van der Waals surface area contributed by atoms with Crippen molar-refractivity contribution in [2.75, 3.05) is 24.2 Å². The second-order valence-corrected chi connectivity index (χ2v) is 9.35. The first-order valence-corrected chi connectivity index (χ1v) is 10.9. The first kappa shape index (κ1) is 19.5. The quantitative estimate of drug-likeness (QED) is 0.635. The van der Waals surface area contributed by atoms with Gasteiger partial charge in [-0.15, -0.1) is 11.3 Å². The van der Waals surface area contributed by atoms with Crippen molar-refractivity contribution in [2.45, 2.75) is 24.1 Å². The van der Waals surface area contributed by atoms with Crippen LogP contribution in [0.1, 0.15) is 19.8 Å². The van der Waals surface area contributed by atoms with E-state index in [0.29, 0.717) is 22.3 Å². The molecule has 10 heteroatoms. The summed E-state index contributed by atoms with van der Waals surface area (Å²) in [5, 5.41) is 11.8. The fraction of sp³-hybridized carbons (Fsp3) is 0.353. The maximum atomic E-state index is 12.3. The summed E-state index contributed by atoms with van der Waals surface area (Å²) < 4.78 is 25.4. The highest BCUT2D eigenvalue weighted by atomic mass is 32.2. The number of carbonyl (C=O) groups excluding carboxylic acids is 2. The van der Waals surface area contributed by atoms with E-state index in [1.807, 2.05) is 6.92 Å². The minimum atomic E-state index is -3.40. The van der Waals surface area contributed by atoms with Crippen LogP contribution in [0.5, 0.6) is 0 Å². The number of aliphatic hydroxyl groups excluding tert-OH is 1. The number of carbonyl (C=O) groups is 2. The van der Waals surface area contributed by atoms with E-state index >= 15 is 0 Å². The zero-order valence-corrected chi connectivity index (χ0v) is 16.3. The molecule has 0 unspecified atom stereocenters. The summed E-state index contributed by atoms with van der Waals surface area (Å²) >= 11 is 1.08. The molecule has 1 aromatic heterocycles. The molecule has 0 saturated carbocycles. The number of aromatic nitrogens is 1. The topological polar surface area (TPSA) is 117 Å². The molecule has 27 heavy (non-hydrogen) atoms. The van der Waals surface area contributed by atoms with Crippen LogP contribution in [0.25, 0.3) is 10.2 Å². The Morgan fingerprint density at radius 2 is 2.07 bits per heavy atom. The Kier molecular flexibility index (Phi) is 5.59. The lowest BCUT2D eigenvalue weighted by Gasteiger charge is -2.13. The van der Waals surface area contributed by atoms with E-state index in [1.54, 1.807) is 18.2 Å². The first-order chi connectivity index (χ1) is 12.9. The number of hydrogen-bond acceptors (Lipinski definition) is 8. The van der Waals surface area contributed by atoms with Crippen molar-refractivity contribution in [2.24, 2.45) is 0 Å². The van der Waals surface area contributed by atoms with Crippen molar-refractivity contribution < 1.29 is 23.1 Å². The predicted molar refractivity (Wildman–Crippen MR) is 102 cm³/mol. The number of imide groups is 1. The summed E-state index contributed by atoms with van der Waals surface area (Å²) in [6.07, 6.45) is 2.54. The number of aliphatic hydroxyl groups is 1. The molecule has 2 N–H and O–H groups in total. The lowest BCUT2D eigenvalue weighted by molar-refractivity contribution is -0.137. The maximum absolute atomic E-state index is 12.3. The molecule has 1 aromatic carbocycles. The number of sulfone groups is 1. The first-order valence-electron chi connectivity index (χ1n) is 8.44. The van der Waals surface area contributed by atoms with Crippen LogP contribution in [-0.2, 0) is 19.4 Å². The third-order valence-electron chi connectivity index (χ3n) is 4.01. The second kappa shape index (κ2) is 7.75. The van der Waals surface area contributed by atoms with Gasteiger partial charge in [-0.2, -0.15) is 0 Å². The number of β-amino-alcohol motifs (C(OH)–C–C–N with tert-alkyl or cyclic N) is 1. The average molecular weight is 409 g/mol. The number of nitrogens with zero attached hydrogens (tertiary/aromatic N) is 2. The predicted octanol–water partition coefficient (Wildman–Crippen LogP) is 1.53. The molecule has 0 atom stereocenters. The van der Waals surface area contributed by atoms with Crippen LogP contribution in [0.2, 0.25) is 0 Å². The standard InChI is InChI=1S/C17H19N3O5S2/c1-2-3-8-27(24,25)17-19-12-5-4-11(9-14(12)26-17)18-13-10-15(22)20(6-7-21)16(13)23/h4-5,9-10,18,21H,2-3,6-8H2,1H3. The van der Waals surface area contributed by atoms with Crippen molar-refractivity contribution in [3.63, 3.8) is 0 Å². The van der Waals surface area contributed by atoms with Gasteiger partial charge in [0.15, 0.2) is 0 Å². The van der Waals surface area contributed by atoms with Gasteiger partial charge < -0.3 is 10.4 Å². The third kappa shape index (κ3) is 4.02.